The van der Waals surface area contributed by atoms with E-state index in [0.717, 1.165) is 12.3 Å². The third-order valence-corrected chi connectivity index (χ3v) is 2.24. The standard InChI is InChI=1S/C12H22.C2H6/c1-6-7-11(4)8-9-12(5)10(2)3;1-2/h7-10,12H,6H2,1-5H3;1-2H3/b9-8-,11-7-;. The molecule has 0 N–H and O–H groups in total. The molecule has 1 atom stereocenters. The molecular weight excluding hydrogens is 168 g/mol. The summed E-state index contributed by atoms with van der Waals surface area (Å²) in [6.07, 6.45) is 7.91. The SMILES string of the molecule is CC.CC/C=C(C)\C=C/C(C)C(C)C. The van der Waals surface area contributed by atoms with Crippen molar-refractivity contribution in [3.05, 3.63) is 23.8 Å². The highest BCUT2D eigenvalue weighted by molar-refractivity contribution is 5.16. The second kappa shape index (κ2) is 10.6. The van der Waals surface area contributed by atoms with E-state index in [9.17, 15) is 0 Å². The van der Waals surface area contributed by atoms with Gasteiger partial charge in [0.1, 0.15) is 0 Å². The van der Waals surface area contributed by atoms with Gasteiger partial charge < -0.3 is 0 Å². The lowest BCUT2D eigenvalue weighted by atomic mass is 9.97. The predicted molar refractivity (Wildman–Crippen MR) is 68.5 cm³/mol. The van der Waals surface area contributed by atoms with E-state index < -0.39 is 0 Å². The van der Waals surface area contributed by atoms with Crippen molar-refractivity contribution in [2.45, 2.75) is 54.9 Å². The summed E-state index contributed by atoms with van der Waals surface area (Å²) in [6.45, 7) is 15.1. The predicted octanol–water partition coefficient (Wildman–Crippen LogP) is 5.22. The molecule has 0 fully saturated rings. The monoisotopic (exact) mass is 196 g/mol. The van der Waals surface area contributed by atoms with E-state index in [2.05, 4.69) is 52.8 Å². The molecule has 0 spiro atoms. The first-order valence-corrected chi connectivity index (χ1v) is 5.92. The van der Waals surface area contributed by atoms with Crippen molar-refractivity contribution >= 4 is 0 Å². The maximum Gasteiger partial charge on any atom is -0.0236 e. The highest BCUT2D eigenvalue weighted by atomic mass is 14.1. The zero-order valence-electron chi connectivity index (χ0n) is 11.1. The van der Waals surface area contributed by atoms with Crippen molar-refractivity contribution in [1.82, 2.24) is 0 Å². The van der Waals surface area contributed by atoms with Crippen LogP contribution in [0.5, 0.6) is 0 Å². The number of hydrogen-bond donors (Lipinski definition) is 0. The highest BCUT2D eigenvalue weighted by Crippen LogP contribution is 2.12. The van der Waals surface area contributed by atoms with Gasteiger partial charge in [-0.25, -0.2) is 0 Å². The van der Waals surface area contributed by atoms with E-state index >= 15 is 0 Å². The Bertz CT molecular complexity index is 161. The molecule has 0 aromatic rings. The number of rotatable bonds is 4. The molecule has 0 radical (unpaired) electrons. The lowest BCUT2D eigenvalue weighted by Crippen LogP contribution is -1.98. The van der Waals surface area contributed by atoms with Crippen LogP contribution in [0.2, 0.25) is 0 Å². The van der Waals surface area contributed by atoms with Crippen LogP contribution in [0, 0.1) is 11.8 Å². The zero-order chi connectivity index (χ0) is 11.6. The fraction of sp³-hybridized carbons (Fsp3) is 0.714. The Balaban J connectivity index is 0. The van der Waals surface area contributed by atoms with Gasteiger partial charge in [0, 0.05) is 0 Å². The molecule has 0 bridgehead atoms. The minimum atomic E-state index is 0.685. The van der Waals surface area contributed by atoms with Crippen LogP contribution in [0.15, 0.2) is 23.8 Å². The Morgan fingerprint density at radius 3 is 2.00 bits per heavy atom. The third kappa shape index (κ3) is 9.57. The summed E-state index contributed by atoms with van der Waals surface area (Å²) in [6, 6.07) is 0. The Morgan fingerprint density at radius 1 is 1.14 bits per heavy atom. The third-order valence-electron chi connectivity index (χ3n) is 2.24. The molecule has 0 aliphatic rings. The normalized spacial score (nSPS) is 14.1. The van der Waals surface area contributed by atoms with E-state index in [1.54, 1.807) is 0 Å². The fourth-order valence-corrected chi connectivity index (χ4v) is 0.916. The van der Waals surface area contributed by atoms with Gasteiger partial charge >= 0.3 is 0 Å². The maximum atomic E-state index is 2.30. The Kier molecular flexibility index (Phi) is 12.0. The van der Waals surface area contributed by atoms with Gasteiger partial charge in [0.15, 0.2) is 0 Å². The average Bonchev–Trinajstić information content (AvgIpc) is 2.17. The molecule has 0 aromatic heterocycles. The van der Waals surface area contributed by atoms with Crippen LogP contribution in [0.25, 0.3) is 0 Å². The van der Waals surface area contributed by atoms with Gasteiger partial charge in [-0.15, -0.1) is 0 Å². The van der Waals surface area contributed by atoms with Crippen LogP contribution < -0.4 is 0 Å². The molecule has 0 aliphatic carbocycles. The first-order chi connectivity index (χ1) is 6.57. The second-order valence-electron chi connectivity index (χ2n) is 3.82. The van der Waals surface area contributed by atoms with Crippen molar-refractivity contribution in [3.8, 4) is 0 Å². The lowest BCUT2D eigenvalue weighted by Gasteiger charge is -2.09. The van der Waals surface area contributed by atoms with Gasteiger partial charge in [-0.2, -0.15) is 0 Å². The number of allylic oxidation sites excluding steroid dienone is 4. The van der Waals surface area contributed by atoms with Crippen molar-refractivity contribution in [3.63, 3.8) is 0 Å². The molecule has 0 rings (SSSR count). The van der Waals surface area contributed by atoms with Gasteiger partial charge in [-0.3, -0.25) is 0 Å². The Hall–Kier alpha value is -0.520. The minimum absolute atomic E-state index is 0.685. The van der Waals surface area contributed by atoms with Crippen LogP contribution in [0.4, 0.5) is 0 Å². The molecule has 0 aliphatic heterocycles. The quantitative estimate of drug-likeness (QED) is 0.541. The highest BCUT2D eigenvalue weighted by Gasteiger charge is 2.00. The Morgan fingerprint density at radius 2 is 1.64 bits per heavy atom. The lowest BCUT2D eigenvalue weighted by molar-refractivity contribution is 0.504. The number of hydrogen-bond acceptors (Lipinski definition) is 0. The van der Waals surface area contributed by atoms with Gasteiger partial charge in [0.25, 0.3) is 0 Å². The summed E-state index contributed by atoms with van der Waals surface area (Å²) in [4.78, 5) is 0. The summed E-state index contributed by atoms with van der Waals surface area (Å²) in [7, 11) is 0. The molecule has 0 amide bonds. The summed E-state index contributed by atoms with van der Waals surface area (Å²) >= 11 is 0. The van der Waals surface area contributed by atoms with Gasteiger partial charge in [0.2, 0.25) is 0 Å². The molecule has 0 heteroatoms. The van der Waals surface area contributed by atoms with Gasteiger partial charge in [-0.05, 0) is 25.2 Å². The maximum absolute atomic E-state index is 2.30. The van der Waals surface area contributed by atoms with E-state index in [4.69, 9.17) is 0 Å². The molecule has 0 nitrogen and oxygen atoms in total. The Labute approximate surface area is 91.1 Å². The summed E-state index contributed by atoms with van der Waals surface area (Å²) in [5.41, 5.74) is 1.38. The first-order valence-electron chi connectivity index (χ1n) is 5.92. The topological polar surface area (TPSA) is 0 Å². The molecule has 14 heavy (non-hydrogen) atoms. The van der Waals surface area contributed by atoms with E-state index in [1.807, 2.05) is 13.8 Å². The van der Waals surface area contributed by atoms with Crippen molar-refractivity contribution in [2.24, 2.45) is 11.8 Å². The van der Waals surface area contributed by atoms with Crippen LogP contribution in [-0.4, -0.2) is 0 Å². The van der Waals surface area contributed by atoms with Crippen LogP contribution >= 0.6 is 0 Å². The molecule has 0 heterocycles. The van der Waals surface area contributed by atoms with Gasteiger partial charge in [0.05, 0.1) is 0 Å². The molecule has 0 aromatic carbocycles. The van der Waals surface area contributed by atoms with E-state index in [1.165, 1.54) is 5.57 Å². The van der Waals surface area contributed by atoms with E-state index in [-0.39, 0.29) is 0 Å². The smallest absolute Gasteiger partial charge is 0.0236 e. The average molecular weight is 196 g/mol. The van der Waals surface area contributed by atoms with Crippen LogP contribution in [0.1, 0.15) is 54.9 Å². The summed E-state index contributed by atoms with van der Waals surface area (Å²) in [5, 5.41) is 0. The van der Waals surface area contributed by atoms with Crippen molar-refractivity contribution in [2.75, 3.05) is 0 Å². The van der Waals surface area contributed by atoms with Crippen molar-refractivity contribution < 1.29 is 0 Å². The summed E-state index contributed by atoms with van der Waals surface area (Å²) < 4.78 is 0. The van der Waals surface area contributed by atoms with Crippen LogP contribution in [0.3, 0.4) is 0 Å². The van der Waals surface area contributed by atoms with E-state index in [0.29, 0.717) is 5.92 Å². The van der Waals surface area contributed by atoms with Gasteiger partial charge in [-0.1, -0.05) is 65.3 Å². The molecular formula is C14H28. The molecule has 0 saturated heterocycles. The molecule has 0 saturated carbocycles. The molecule has 84 valence electrons. The zero-order valence-corrected chi connectivity index (χ0v) is 11.1. The van der Waals surface area contributed by atoms with Crippen LogP contribution in [-0.2, 0) is 0 Å². The first kappa shape index (κ1) is 15.9. The summed E-state index contributed by atoms with van der Waals surface area (Å²) in [5.74, 6) is 1.43. The largest absolute Gasteiger partial charge is 0.0819 e. The van der Waals surface area contributed by atoms with Crippen molar-refractivity contribution in [1.29, 1.82) is 0 Å². The fourth-order valence-electron chi connectivity index (χ4n) is 0.916. The molecule has 1 unspecified atom stereocenters. The second-order valence-corrected chi connectivity index (χ2v) is 3.82. The minimum Gasteiger partial charge on any atom is -0.0819 e.